The number of aliphatic hydroxyl groups is 1. The number of likely N-dealkylation sites (N-methyl/N-ethyl adjacent to an activating group) is 1. The molecule has 0 aliphatic carbocycles. The number of rotatable bonds is 5. The van der Waals surface area contributed by atoms with Gasteiger partial charge in [0, 0.05) is 10.6 Å². The monoisotopic (exact) mass is 339 g/mol. The Morgan fingerprint density at radius 3 is 1.59 bits per heavy atom. The molecule has 0 aliphatic rings. The highest BCUT2D eigenvalue weighted by atomic mass is 35.5. The number of hydrogen-bond acceptors (Lipinski definition) is 2. The third kappa shape index (κ3) is 4.21. The summed E-state index contributed by atoms with van der Waals surface area (Å²) in [5.41, 5.74) is 0. The van der Waals surface area contributed by atoms with E-state index in [9.17, 15) is 9.67 Å². The molecule has 0 saturated carbocycles. The Bertz CT molecular complexity index is 583. The van der Waals surface area contributed by atoms with Crippen LogP contribution in [0, 0.1) is 0 Å². The van der Waals surface area contributed by atoms with E-state index in [0.29, 0.717) is 21.6 Å². The number of aliphatic hydroxyl groups excluding tert-OH is 1. The Labute approximate surface area is 139 Å². The third-order valence-electron chi connectivity index (χ3n) is 3.41. The lowest BCUT2D eigenvalue weighted by atomic mass is 10.4. The van der Waals surface area contributed by atoms with Crippen LogP contribution < -0.4 is 23.0 Å². The van der Waals surface area contributed by atoms with Gasteiger partial charge in [0.1, 0.15) is 6.54 Å². The molecule has 0 heterocycles. The van der Waals surface area contributed by atoms with E-state index < -0.39 is 13.0 Å². The summed E-state index contributed by atoms with van der Waals surface area (Å²) in [4.78, 5) is 0. The van der Waals surface area contributed by atoms with Crippen molar-refractivity contribution in [3.05, 3.63) is 60.7 Å². The van der Waals surface area contributed by atoms with Gasteiger partial charge in [-0.25, -0.2) is 0 Å². The third-order valence-corrected chi connectivity index (χ3v) is 6.54. The second-order valence-electron chi connectivity index (χ2n) is 6.28. The van der Waals surface area contributed by atoms with Crippen LogP contribution >= 0.6 is 7.14 Å². The number of quaternary nitrogens is 1. The maximum atomic E-state index is 13.7. The van der Waals surface area contributed by atoms with Crippen LogP contribution in [-0.4, -0.2) is 43.1 Å². The zero-order valence-corrected chi connectivity index (χ0v) is 14.8. The molecule has 120 valence electrons. The minimum Gasteiger partial charge on any atom is -1.00 e. The van der Waals surface area contributed by atoms with Crippen molar-refractivity contribution < 1.29 is 26.6 Å². The van der Waals surface area contributed by atoms with Gasteiger partial charge in [-0.05, 0) is 0 Å². The smallest absolute Gasteiger partial charge is 0.175 e. The topological polar surface area (TPSA) is 37.3 Å². The van der Waals surface area contributed by atoms with Crippen LogP contribution in [0.2, 0.25) is 0 Å². The van der Waals surface area contributed by atoms with Crippen LogP contribution in [0.3, 0.4) is 0 Å². The van der Waals surface area contributed by atoms with Crippen molar-refractivity contribution in [3.8, 4) is 0 Å². The summed E-state index contributed by atoms with van der Waals surface area (Å²) in [6.07, 6.45) is 0. The molecule has 22 heavy (non-hydrogen) atoms. The molecular weight excluding hydrogens is 317 g/mol. The number of halogens is 1. The van der Waals surface area contributed by atoms with E-state index in [0.717, 1.165) is 0 Å². The van der Waals surface area contributed by atoms with Crippen molar-refractivity contribution in [2.45, 2.75) is 5.85 Å². The van der Waals surface area contributed by atoms with Gasteiger partial charge < -0.3 is 26.6 Å². The molecule has 3 nitrogen and oxygen atoms in total. The number of benzene rings is 2. The molecule has 5 heteroatoms. The summed E-state index contributed by atoms with van der Waals surface area (Å²) in [6, 6.07) is 18.6. The highest BCUT2D eigenvalue weighted by Gasteiger charge is 2.38. The molecule has 1 unspecified atom stereocenters. The molecule has 0 radical (unpaired) electrons. The van der Waals surface area contributed by atoms with Crippen molar-refractivity contribution in [2.24, 2.45) is 0 Å². The molecule has 1 N–H and O–H groups in total. The molecule has 2 aromatic carbocycles. The lowest BCUT2D eigenvalue weighted by Gasteiger charge is -2.31. The van der Waals surface area contributed by atoms with Crippen LogP contribution in [0.25, 0.3) is 0 Å². The predicted molar refractivity (Wildman–Crippen MR) is 88.7 cm³/mol. The van der Waals surface area contributed by atoms with E-state index in [1.807, 2.05) is 81.8 Å². The van der Waals surface area contributed by atoms with Gasteiger partial charge in [-0.3, -0.25) is 0 Å². The molecule has 0 fully saturated rings. The average molecular weight is 340 g/mol. The minimum atomic E-state index is -3.07. The van der Waals surface area contributed by atoms with E-state index in [1.54, 1.807) is 0 Å². The van der Waals surface area contributed by atoms with Gasteiger partial charge in [0.15, 0.2) is 13.0 Å². The fourth-order valence-electron chi connectivity index (χ4n) is 2.40. The summed E-state index contributed by atoms with van der Waals surface area (Å²) in [6.45, 7) is 0.432. The van der Waals surface area contributed by atoms with E-state index >= 15 is 0 Å². The largest absolute Gasteiger partial charge is 1.00 e. The SMILES string of the molecule is C[N+](C)(C)CC(O)P(=O)(c1ccccc1)c1ccccc1.[Cl-]. The minimum absolute atomic E-state index is 0. The number of hydrogen-bond donors (Lipinski definition) is 1. The fourth-order valence-corrected chi connectivity index (χ4v) is 5.33. The molecule has 0 aliphatic heterocycles. The van der Waals surface area contributed by atoms with Gasteiger partial charge in [-0.1, -0.05) is 60.7 Å². The van der Waals surface area contributed by atoms with Crippen molar-refractivity contribution in [3.63, 3.8) is 0 Å². The van der Waals surface area contributed by atoms with Gasteiger partial charge >= 0.3 is 0 Å². The second kappa shape index (κ2) is 7.43. The van der Waals surface area contributed by atoms with Gasteiger partial charge in [-0.15, -0.1) is 0 Å². The first-order valence-corrected chi connectivity index (χ1v) is 8.81. The molecule has 2 aromatic rings. The molecule has 0 aromatic heterocycles. The van der Waals surface area contributed by atoms with E-state index in [1.165, 1.54) is 0 Å². The second-order valence-corrected chi connectivity index (χ2v) is 9.23. The maximum Gasteiger partial charge on any atom is 0.175 e. The zero-order valence-electron chi connectivity index (χ0n) is 13.2. The van der Waals surface area contributed by atoms with E-state index in [-0.39, 0.29) is 12.4 Å². The Balaban J connectivity index is 0.00000242. The lowest BCUT2D eigenvalue weighted by molar-refractivity contribution is -0.872. The summed E-state index contributed by atoms with van der Waals surface area (Å²) in [5, 5.41) is 12.1. The Hall–Kier alpha value is -1.12. The first kappa shape index (κ1) is 18.9. The molecular formula is C17H23ClNO2P. The summed E-state index contributed by atoms with van der Waals surface area (Å²) < 4.78 is 14.3. The Kier molecular flexibility index (Phi) is 6.39. The normalized spacial score (nSPS) is 13.3. The summed E-state index contributed by atoms with van der Waals surface area (Å²) >= 11 is 0. The molecule has 0 bridgehead atoms. The van der Waals surface area contributed by atoms with Crippen molar-refractivity contribution in [1.82, 2.24) is 0 Å². The van der Waals surface area contributed by atoms with Crippen LogP contribution in [0.4, 0.5) is 0 Å². The maximum absolute atomic E-state index is 13.7. The standard InChI is InChI=1S/C17H23NO2P.ClH/c1-18(2,3)14-17(19)21(20,15-10-6-4-7-11-15)16-12-8-5-9-13-16;/h4-13,17,19H,14H2,1-3H3;1H/q+1;/p-1. The average Bonchev–Trinajstić information content (AvgIpc) is 2.46. The van der Waals surface area contributed by atoms with Crippen molar-refractivity contribution in [2.75, 3.05) is 27.7 Å². The van der Waals surface area contributed by atoms with Crippen LogP contribution in [0.15, 0.2) is 60.7 Å². The summed E-state index contributed by atoms with van der Waals surface area (Å²) in [5.74, 6) is -0.901. The van der Waals surface area contributed by atoms with Crippen molar-refractivity contribution >= 4 is 17.8 Å². The van der Waals surface area contributed by atoms with Crippen LogP contribution in [-0.2, 0) is 4.57 Å². The van der Waals surface area contributed by atoms with Crippen LogP contribution in [0.5, 0.6) is 0 Å². The van der Waals surface area contributed by atoms with E-state index in [2.05, 4.69) is 0 Å². The summed E-state index contributed by atoms with van der Waals surface area (Å²) in [7, 11) is 2.90. The zero-order chi connectivity index (χ0) is 15.5. The van der Waals surface area contributed by atoms with Crippen molar-refractivity contribution in [1.29, 1.82) is 0 Å². The fraction of sp³-hybridized carbons (Fsp3) is 0.294. The van der Waals surface area contributed by atoms with Gasteiger partial charge in [0.05, 0.1) is 21.1 Å². The van der Waals surface area contributed by atoms with Crippen LogP contribution in [0.1, 0.15) is 0 Å². The lowest BCUT2D eigenvalue weighted by Crippen LogP contribution is -3.00. The Morgan fingerprint density at radius 2 is 1.27 bits per heavy atom. The van der Waals surface area contributed by atoms with Gasteiger partial charge in [0.2, 0.25) is 0 Å². The van der Waals surface area contributed by atoms with E-state index in [4.69, 9.17) is 0 Å². The molecule has 2 rings (SSSR count). The molecule has 0 amide bonds. The first-order valence-electron chi connectivity index (χ1n) is 7.03. The van der Waals surface area contributed by atoms with Gasteiger partial charge in [0.25, 0.3) is 0 Å². The molecule has 1 atom stereocenters. The first-order chi connectivity index (χ1) is 9.84. The quantitative estimate of drug-likeness (QED) is 0.562. The highest BCUT2D eigenvalue weighted by Crippen LogP contribution is 2.47. The molecule has 0 spiro atoms. The highest BCUT2D eigenvalue weighted by molar-refractivity contribution is 7.79. The Morgan fingerprint density at radius 1 is 0.909 bits per heavy atom. The number of nitrogens with zero attached hydrogens (tertiary/aromatic N) is 1. The van der Waals surface area contributed by atoms with Gasteiger partial charge in [-0.2, -0.15) is 0 Å². The molecule has 0 saturated heterocycles. The predicted octanol–water partition coefficient (Wildman–Crippen LogP) is -0.971.